The summed E-state index contributed by atoms with van der Waals surface area (Å²) in [6, 6.07) is 11.0. The Hall–Kier alpha value is -0.890. The van der Waals surface area contributed by atoms with Gasteiger partial charge in [0.1, 0.15) is 5.67 Å². The van der Waals surface area contributed by atoms with Gasteiger partial charge in [-0.3, -0.25) is 0 Å². The molecule has 2 atom stereocenters. The van der Waals surface area contributed by atoms with E-state index in [0.29, 0.717) is 31.3 Å². The molecule has 1 aromatic rings. The zero-order valence-corrected chi connectivity index (χ0v) is 10.7. The molecule has 2 heteroatoms. The van der Waals surface area contributed by atoms with E-state index in [0.717, 1.165) is 19.3 Å². The highest BCUT2D eigenvalue weighted by atomic mass is 19.1. The molecule has 2 fully saturated rings. The van der Waals surface area contributed by atoms with Crippen LogP contribution in [0.5, 0.6) is 0 Å². The Morgan fingerprint density at radius 1 is 1.17 bits per heavy atom. The number of halogens is 1. The van der Waals surface area contributed by atoms with Crippen molar-refractivity contribution < 1.29 is 4.39 Å². The monoisotopic (exact) mass is 246 g/mol. The van der Waals surface area contributed by atoms with Gasteiger partial charge in [-0.2, -0.15) is 0 Å². The van der Waals surface area contributed by atoms with Crippen molar-refractivity contribution in [3.05, 3.63) is 42.3 Å². The maximum atomic E-state index is 14.4. The standard InChI is InChI=1S/C16H21FN/c17-16(9-5-2-6-10-16)12-18-15-11-14(15)13-7-3-1-4-8-13/h1-4,7-8,14-15,18H,5-6,9-12H2. The van der Waals surface area contributed by atoms with Crippen LogP contribution in [-0.4, -0.2) is 18.3 Å². The van der Waals surface area contributed by atoms with E-state index < -0.39 is 5.67 Å². The lowest BCUT2D eigenvalue weighted by molar-refractivity contribution is 0.118. The number of benzene rings is 1. The molecular weight excluding hydrogens is 225 g/mol. The van der Waals surface area contributed by atoms with Gasteiger partial charge < -0.3 is 5.32 Å². The average molecular weight is 246 g/mol. The molecule has 0 amide bonds. The molecule has 1 radical (unpaired) electrons. The van der Waals surface area contributed by atoms with E-state index in [4.69, 9.17) is 0 Å². The van der Waals surface area contributed by atoms with E-state index in [-0.39, 0.29) is 0 Å². The molecule has 1 nitrogen and oxygen atoms in total. The topological polar surface area (TPSA) is 12.0 Å². The van der Waals surface area contributed by atoms with Gasteiger partial charge in [-0.15, -0.1) is 0 Å². The van der Waals surface area contributed by atoms with E-state index in [1.807, 2.05) is 6.07 Å². The first-order chi connectivity index (χ1) is 8.77. The number of nitrogens with one attached hydrogen (secondary N) is 1. The van der Waals surface area contributed by atoms with Crippen LogP contribution in [0.1, 0.15) is 43.6 Å². The van der Waals surface area contributed by atoms with Gasteiger partial charge in [0, 0.05) is 18.5 Å². The molecule has 0 aromatic heterocycles. The molecular formula is C16H21FN. The highest BCUT2D eigenvalue weighted by Crippen LogP contribution is 2.41. The number of hydrogen-bond acceptors (Lipinski definition) is 1. The largest absolute Gasteiger partial charge is 0.310 e. The summed E-state index contributed by atoms with van der Waals surface area (Å²) in [6.07, 6.45) is 6.63. The second-order valence-corrected chi connectivity index (χ2v) is 5.76. The second-order valence-electron chi connectivity index (χ2n) is 5.76. The van der Waals surface area contributed by atoms with Gasteiger partial charge in [0.2, 0.25) is 0 Å². The van der Waals surface area contributed by atoms with Crippen molar-refractivity contribution in [2.75, 3.05) is 6.54 Å². The second kappa shape index (κ2) is 5.00. The smallest absolute Gasteiger partial charge is 0.123 e. The predicted molar refractivity (Wildman–Crippen MR) is 72.2 cm³/mol. The third-order valence-electron chi connectivity index (χ3n) is 4.29. The maximum Gasteiger partial charge on any atom is 0.123 e. The Kier molecular flexibility index (Phi) is 3.38. The zero-order chi connectivity index (χ0) is 12.4. The van der Waals surface area contributed by atoms with E-state index >= 15 is 0 Å². The first-order valence-electron chi connectivity index (χ1n) is 7.06. The molecule has 2 aliphatic rings. The van der Waals surface area contributed by atoms with Crippen LogP contribution >= 0.6 is 0 Å². The SMILES string of the molecule is FC1(CNC2CC2c2ccccc2)CC[CH]CC1. The van der Waals surface area contributed by atoms with Gasteiger partial charge in [0.25, 0.3) is 0 Å². The Morgan fingerprint density at radius 2 is 1.89 bits per heavy atom. The van der Waals surface area contributed by atoms with Crippen molar-refractivity contribution in [2.45, 2.75) is 49.7 Å². The fourth-order valence-electron chi connectivity index (χ4n) is 2.97. The minimum atomic E-state index is -0.960. The molecule has 3 rings (SSSR count). The highest BCUT2D eigenvalue weighted by Gasteiger charge is 2.40. The number of hydrogen-bond donors (Lipinski definition) is 1. The van der Waals surface area contributed by atoms with Crippen LogP contribution in [0.4, 0.5) is 4.39 Å². The minimum Gasteiger partial charge on any atom is -0.310 e. The lowest BCUT2D eigenvalue weighted by atomic mass is 9.86. The van der Waals surface area contributed by atoms with Gasteiger partial charge in [0.15, 0.2) is 0 Å². The lowest BCUT2D eigenvalue weighted by Gasteiger charge is -2.29. The van der Waals surface area contributed by atoms with Crippen molar-refractivity contribution in [1.29, 1.82) is 0 Å². The van der Waals surface area contributed by atoms with E-state index in [1.165, 1.54) is 5.56 Å². The van der Waals surface area contributed by atoms with Gasteiger partial charge in [-0.1, -0.05) is 30.3 Å². The molecule has 1 N–H and O–H groups in total. The average Bonchev–Trinajstić information content (AvgIpc) is 3.18. The van der Waals surface area contributed by atoms with Crippen LogP contribution in [0.25, 0.3) is 0 Å². The van der Waals surface area contributed by atoms with E-state index in [1.54, 1.807) is 0 Å². The highest BCUT2D eigenvalue weighted by molar-refractivity contribution is 5.27. The molecule has 1 aromatic carbocycles. The van der Waals surface area contributed by atoms with Crippen molar-refractivity contribution >= 4 is 0 Å². The summed E-state index contributed by atoms with van der Waals surface area (Å²) in [4.78, 5) is 0. The summed E-state index contributed by atoms with van der Waals surface area (Å²) >= 11 is 0. The normalized spacial score (nSPS) is 30.1. The van der Waals surface area contributed by atoms with Gasteiger partial charge >= 0.3 is 0 Å². The van der Waals surface area contributed by atoms with Crippen LogP contribution < -0.4 is 5.32 Å². The molecule has 0 aliphatic heterocycles. The van der Waals surface area contributed by atoms with E-state index in [2.05, 4.69) is 36.0 Å². The molecule has 0 heterocycles. The molecule has 97 valence electrons. The van der Waals surface area contributed by atoms with Crippen LogP contribution in [-0.2, 0) is 0 Å². The zero-order valence-electron chi connectivity index (χ0n) is 10.7. The van der Waals surface area contributed by atoms with Crippen LogP contribution in [0.2, 0.25) is 0 Å². The van der Waals surface area contributed by atoms with Crippen molar-refractivity contribution in [3.8, 4) is 0 Å². The first kappa shape index (κ1) is 12.2. The lowest BCUT2D eigenvalue weighted by Crippen LogP contribution is -2.39. The van der Waals surface area contributed by atoms with Crippen molar-refractivity contribution in [3.63, 3.8) is 0 Å². The molecule has 18 heavy (non-hydrogen) atoms. The van der Waals surface area contributed by atoms with Crippen LogP contribution in [0.3, 0.4) is 0 Å². The maximum absolute atomic E-state index is 14.4. The Labute approximate surface area is 109 Å². The third kappa shape index (κ3) is 2.74. The quantitative estimate of drug-likeness (QED) is 0.855. The van der Waals surface area contributed by atoms with Gasteiger partial charge in [-0.25, -0.2) is 4.39 Å². The first-order valence-corrected chi connectivity index (χ1v) is 7.06. The summed E-state index contributed by atoms with van der Waals surface area (Å²) in [5.74, 6) is 0.602. The number of rotatable bonds is 4. The van der Waals surface area contributed by atoms with Gasteiger partial charge in [-0.05, 0) is 44.1 Å². The number of alkyl halides is 1. The molecule has 0 spiro atoms. The Bertz CT molecular complexity index is 383. The van der Waals surface area contributed by atoms with Crippen molar-refractivity contribution in [1.82, 2.24) is 5.32 Å². The predicted octanol–water partition coefficient (Wildman–Crippen LogP) is 3.62. The molecule has 0 bridgehead atoms. The fraction of sp³-hybridized carbons (Fsp3) is 0.562. The summed E-state index contributed by atoms with van der Waals surface area (Å²) in [6.45, 7) is 0.537. The van der Waals surface area contributed by atoms with Crippen molar-refractivity contribution in [2.24, 2.45) is 0 Å². The van der Waals surface area contributed by atoms with Gasteiger partial charge in [0.05, 0.1) is 0 Å². The molecule has 0 saturated heterocycles. The minimum absolute atomic E-state index is 0.492. The Balaban J connectivity index is 1.48. The third-order valence-corrected chi connectivity index (χ3v) is 4.29. The Morgan fingerprint density at radius 3 is 2.61 bits per heavy atom. The molecule has 2 aliphatic carbocycles. The summed E-state index contributed by atoms with van der Waals surface area (Å²) < 4.78 is 14.4. The van der Waals surface area contributed by atoms with Crippen LogP contribution in [0.15, 0.2) is 30.3 Å². The summed E-state index contributed by atoms with van der Waals surface area (Å²) in [5.41, 5.74) is 0.429. The summed E-state index contributed by atoms with van der Waals surface area (Å²) in [7, 11) is 0. The fourth-order valence-corrected chi connectivity index (χ4v) is 2.97. The van der Waals surface area contributed by atoms with Crippen LogP contribution in [0, 0.1) is 6.42 Å². The van der Waals surface area contributed by atoms with E-state index in [9.17, 15) is 4.39 Å². The molecule has 2 unspecified atom stereocenters. The summed E-state index contributed by atoms with van der Waals surface area (Å²) in [5, 5.41) is 3.43. The molecule has 2 saturated carbocycles.